The number of nitrogens with one attached hydrogen (secondary N) is 1. The predicted molar refractivity (Wildman–Crippen MR) is 72.0 cm³/mol. The molecule has 2 heterocycles. The molecule has 0 aromatic heterocycles. The third-order valence-corrected chi connectivity index (χ3v) is 3.83. The lowest BCUT2D eigenvalue weighted by molar-refractivity contribution is -0.126. The van der Waals surface area contributed by atoms with E-state index in [0.29, 0.717) is 32.9 Å². The van der Waals surface area contributed by atoms with Crippen LogP contribution < -0.4 is 11.1 Å². The largest absolute Gasteiger partial charge is 0.450 e. The van der Waals surface area contributed by atoms with Gasteiger partial charge in [0.05, 0.1) is 25.7 Å². The van der Waals surface area contributed by atoms with Gasteiger partial charge in [-0.25, -0.2) is 4.79 Å². The molecular weight excluding hydrogens is 262 g/mol. The fraction of sp³-hybridized carbons (Fsp3) is 0.846. The van der Waals surface area contributed by atoms with Crippen LogP contribution in [0.25, 0.3) is 0 Å². The minimum Gasteiger partial charge on any atom is -0.450 e. The summed E-state index contributed by atoms with van der Waals surface area (Å²) in [4.78, 5) is 25.3. The minimum absolute atomic E-state index is 0.0374. The molecule has 2 saturated heterocycles. The average molecular weight is 285 g/mol. The third kappa shape index (κ3) is 3.61. The Morgan fingerprint density at radius 1 is 1.35 bits per heavy atom. The summed E-state index contributed by atoms with van der Waals surface area (Å²) >= 11 is 0. The zero-order chi connectivity index (χ0) is 14.5. The van der Waals surface area contributed by atoms with Gasteiger partial charge in [0.2, 0.25) is 5.91 Å². The van der Waals surface area contributed by atoms with E-state index >= 15 is 0 Å². The summed E-state index contributed by atoms with van der Waals surface area (Å²) in [5.41, 5.74) is 5.82. The molecule has 3 N–H and O–H groups in total. The second-order valence-electron chi connectivity index (χ2n) is 5.28. The SMILES string of the molecule is CCOC(=O)N1CCC(NC(=O)C2COCC2N)CC1. The molecule has 2 unspecified atom stereocenters. The Bertz CT molecular complexity index is 356. The van der Waals surface area contributed by atoms with Crippen LogP contribution in [0.4, 0.5) is 4.79 Å². The molecule has 2 aliphatic rings. The van der Waals surface area contributed by atoms with Crippen molar-refractivity contribution in [1.82, 2.24) is 10.2 Å². The van der Waals surface area contributed by atoms with Crippen LogP contribution in [0.1, 0.15) is 19.8 Å². The Balaban J connectivity index is 1.74. The van der Waals surface area contributed by atoms with Crippen molar-refractivity contribution in [3.8, 4) is 0 Å². The van der Waals surface area contributed by atoms with Crippen LogP contribution in [0.2, 0.25) is 0 Å². The molecule has 7 nitrogen and oxygen atoms in total. The summed E-state index contributed by atoms with van der Waals surface area (Å²) < 4.78 is 10.2. The lowest BCUT2D eigenvalue weighted by atomic mass is 10.0. The summed E-state index contributed by atoms with van der Waals surface area (Å²) in [6.45, 7) is 4.23. The van der Waals surface area contributed by atoms with Gasteiger partial charge in [0.25, 0.3) is 0 Å². The summed E-state index contributed by atoms with van der Waals surface area (Å²) in [6.07, 6.45) is 1.21. The first-order chi connectivity index (χ1) is 9.61. The van der Waals surface area contributed by atoms with Crippen molar-refractivity contribution in [1.29, 1.82) is 0 Å². The van der Waals surface area contributed by atoms with Gasteiger partial charge >= 0.3 is 6.09 Å². The van der Waals surface area contributed by atoms with E-state index in [4.69, 9.17) is 15.2 Å². The highest BCUT2D eigenvalue weighted by Crippen LogP contribution is 2.15. The number of nitrogens with zero attached hydrogens (tertiary/aromatic N) is 1. The van der Waals surface area contributed by atoms with E-state index in [1.807, 2.05) is 0 Å². The lowest BCUT2D eigenvalue weighted by Crippen LogP contribution is -2.50. The maximum Gasteiger partial charge on any atom is 0.409 e. The number of piperidine rings is 1. The van der Waals surface area contributed by atoms with Gasteiger partial charge in [0.15, 0.2) is 0 Å². The summed E-state index contributed by atoms with van der Waals surface area (Å²) in [5.74, 6) is -0.289. The van der Waals surface area contributed by atoms with Crippen molar-refractivity contribution in [2.45, 2.75) is 31.8 Å². The number of ether oxygens (including phenoxy) is 2. The first-order valence-electron chi connectivity index (χ1n) is 7.17. The molecule has 0 spiro atoms. The molecule has 0 saturated carbocycles. The molecule has 2 aliphatic heterocycles. The normalized spacial score (nSPS) is 27.4. The molecule has 0 aromatic rings. The van der Waals surface area contributed by atoms with Crippen molar-refractivity contribution < 1.29 is 19.1 Å². The van der Waals surface area contributed by atoms with Crippen LogP contribution in [0.3, 0.4) is 0 Å². The Morgan fingerprint density at radius 2 is 2.05 bits per heavy atom. The highest BCUT2D eigenvalue weighted by Gasteiger charge is 2.33. The van der Waals surface area contributed by atoms with Crippen LogP contribution >= 0.6 is 0 Å². The van der Waals surface area contributed by atoms with E-state index in [2.05, 4.69) is 5.32 Å². The van der Waals surface area contributed by atoms with Crippen LogP contribution in [0.15, 0.2) is 0 Å². The van der Waals surface area contributed by atoms with Crippen molar-refractivity contribution >= 4 is 12.0 Å². The Morgan fingerprint density at radius 3 is 2.60 bits per heavy atom. The maximum atomic E-state index is 12.1. The molecule has 0 aliphatic carbocycles. The van der Waals surface area contributed by atoms with Gasteiger partial charge in [-0.3, -0.25) is 4.79 Å². The van der Waals surface area contributed by atoms with E-state index in [9.17, 15) is 9.59 Å². The second-order valence-corrected chi connectivity index (χ2v) is 5.28. The monoisotopic (exact) mass is 285 g/mol. The molecule has 114 valence electrons. The quantitative estimate of drug-likeness (QED) is 0.742. The smallest absolute Gasteiger partial charge is 0.409 e. The number of nitrogens with two attached hydrogens (primary N) is 1. The standard InChI is InChI=1S/C13H23N3O4/c1-2-20-13(18)16-5-3-9(4-6-16)15-12(17)10-7-19-8-11(10)14/h9-11H,2-8,14H2,1H3,(H,15,17). The fourth-order valence-corrected chi connectivity index (χ4v) is 2.57. The number of likely N-dealkylation sites (tertiary alicyclic amines) is 1. The van der Waals surface area contributed by atoms with E-state index < -0.39 is 0 Å². The molecular formula is C13H23N3O4. The Hall–Kier alpha value is -1.34. The summed E-state index contributed by atoms with van der Waals surface area (Å²) in [5, 5.41) is 3.00. The number of carbonyl (C=O) groups is 2. The van der Waals surface area contributed by atoms with Gasteiger partial charge < -0.3 is 25.4 Å². The van der Waals surface area contributed by atoms with Crippen LogP contribution in [-0.2, 0) is 14.3 Å². The first-order valence-corrected chi connectivity index (χ1v) is 7.17. The average Bonchev–Trinajstić information content (AvgIpc) is 2.86. The maximum absolute atomic E-state index is 12.1. The predicted octanol–water partition coefficient (Wildman–Crippen LogP) is -0.303. The van der Waals surface area contributed by atoms with Gasteiger partial charge in [0, 0.05) is 25.2 Å². The highest BCUT2D eigenvalue weighted by atomic mass is 16.6. The first kappa shape index (κ1) is 15.1. The highest BCUT2D eigenvalue weighted by molar-refractivity contribution is 5.80. The number of hydrogen-bond donors (Lipinski definition) is 2. The van der Waals surface area contributed by atoms with Gasteiger partial charge in [-0.15, -0.1) is 0 Å². The van der Waals surface area contributed by atoms with E-state index in [1.165, 1.54) is 0 Å². The zero-order valence-corrected chi connectivity index (χ0v) is 11.8. The zero-order valence-electron chi connectivity index (χ0n) is 11.8. The number of rotatable bonds is 3. The number of amides is 2. The molecule has 7 heteroatoms. The minimum atomic E-state index is -0.275. The molecule has 2 atom stereocenters. The molecule has 0 aromatic carbocycles. The number of hydrogen-bond acceptors (Lipinski definition) is 5. The summed E-state index contributed by atoms with van der Waals surface area (Å²) in [7, 11) is 0. The van der Waals surface area contributed by atoms with Crippen LogP contribution in [0.5, 0.6) is 0 Å². The lowest BCUT2D eigenvalue weighted by Gasteiger charge is -2.32. The van der Waals surface area contributed by atoms with Crippen molar-refractivity contribution in [3.63, 3.8) is 0 Å². The van der Waals surface area contributed by atoms with E-state index in [0.717, 1.165) is 12.8 Å². The summed E-state index contributed by atoms with van der Waals surface area (Å²) in [6, 6.07) is -0.115. The van der Waals surface area contributed by atoms with Gasteiger partial charge in [0.1, 0.15) is 0 Å². The topological polar surface area (TPSA) is 93.9 Å². The second kappa shape index (κ2) is 6.90. The molecule has 2 rings (SSSR count). The van der Waals surface area contributed by atoms with E-state index in [1.54, 1.807) is 11.8 Å². The Labute approximate surface area is 118 Å². The molecule has 2 fully saturated rings. The van der Waals surface area contributed by atoms with Gasteiger partial charge in [-0.1, -0.05) is 0 Å². The van der Waals surface area contributed by atoms with Crippen LogP contribution in [0, 0.1) is 5.92 Å². The third-order valence-electron chi connectivity index (χ3n) is 3.83. The van der Waals surface area contributed by atoms with Gasteiger partial charge in [-0.05, 0) is 19.8 Å². The molecule has 20 heavy (non-hydrogen) atoms. The van der Waals surface area contributed by atoms with Crippen molar-refractivity contribution in [2.24, 2.45) is 11.7 Å². The molecule has 0 bridgehead atoms. The van der Waals surface area contributed by atoms with Crippen molar-refractivity contribution in [2.75, 3.05) is 32.9 Å². The van der Waals surface area contributed by atoms with E-state index in [-0.39, 0.29) is 30.0 Å². The van der Waals surface area contributed by atoms with Crippen molar-refractivity contribution in [3.05, 3.63) is 0 Å². The van der Waals surface area contributed by atoms with Gasteiger partial charge in [-0.2, -0.15) is 0 Å². The Kier molecular flexibility index (Phi) is 5.19. The molecule has 0 radical (unpaired) electrons. The number of carbonyl (C=O) groups excluding carboxylic acids is 2. The van der Waals surface area contributed by atoms with Crippen LogP contribution in [-0.4, -0.2) is 61.9 Å². The molecule has 2 amide bonds. The fourth-order valence-electron chi connectivity index (χ4n) is 2.57.